The number of morpholine rings is 1. The molecule has 0 bridgehead atoms. The second-order valence-electron chi connectivity index (χ2n) is 8.79. The summed E-state index contributed by atoms with van der Waals surface area (Å²) >= 11 is 0. The fourth-order valence-corrected chi connectivity index (χ4v) is 4.41. The van der Waals surface area contributed by atoms with Crippen molar-refractivity contribution in [2.24, 2.45) is 5.92 Å². The van der Waals surface area contributed by atoms with Crippen molar-refractivity contribution in [2.75, 3.05) is 13.2 Å². The molecule has 1 fully saturated rings. The summed E-state index contributed by atoms with van der Waals surface area (Å²) < 4.78 is 105. The number of alkyl halides is 6. The van der Waals surface area contributed by atoms with Crippen molar-refractivity contribution < 1.29 is 40.2 Å². The zero-order valence-corrected chi connectivity index (χ0v) is 19.4. The Morgan fingerprint density at radius 2 is 1.84 bits per heavy atom. The molecule has 1 aromatic carbocycles. The first kappa shape index (κ1) is 27.1. The third-order valence-electron chi connectivity index (χ3n) is 6.21. The maximum atomic E-state index is 13.6. The van der Waals surface area contributed by atoms with Gasteiger partial charge in [-0.05, 0) is 49.3 Å². The quantitative estimate of drug-likeness (QED) is 0.515. The van der Waals surface area contributed by atoms with Gasteiger partial charge in [0.2, 0.25) is 0 Å². The molecule has 2 aromatic rings. The Bertz CT molecular complexity index is 1190. The zero-order valence-electron chi connectivity index (χ0n) is 19.4. The van der Waals surface area contributed by atoms with E-state index in [0.29, 0.717) is 24.5 Å². The monoisotopic (exact) mass is 536 g/mol. The molecule has 0 amide bonds. The Labute approximate surface area is 205 Å². The van der Waals surface area contributed by atoms with E-state index in [1.165, 1.54) is 19.1 Å². The lowest BCUT2D eigenvalue weighted by molar-refractivity contribution is -0.235. The van der Waals surface area contributed by atoms with E-state index in [0.717, 1.165) is 0 Å². The second kappa shape index (κ2) is 10.4. The van der Waals surface area contributed by atoms with E-state index < -0.39 is 53.4 Å². The van der Waals surface area contributed by atoms with Crippen LogP contribution in [0.4, 0.5) is 30.7 Å². The molecule has 14 heteroatoms. The number of aromatic amines is 2. The molecule has 2 unspecified atom stereocenters. The van der Waals surface area contributed by atoms with Crippen LogP contribution < -0.4 is 5.69 Å². The number of rotatable bonds is 6. The summed E-state index contributed by atoms with van der Waals surface area (Å²) in [6, 6.07) is 0.659. The smallest absolute Gasteiger partial charge is 0.350 e. The molecule has 37 heavy (non-hydrogen) atoms. The van der Waals surface area contributed by atoms with Gasteiger partial charge in [0, 0.05) is 12.5 Å². The molecule has 202 valence electrons. The van der Waals surface area contributed by atoms with Gasteiger partial charge in [0.25, 0.3) is 0 Å². The van der Waals surface area contributed by atoms with Gasteiger partial charge in [-0.25, -0.2) is 14.3 Å². The predicted octanol–water partition coefficient (Wildman–Crippen LogP) is 4.87. The van der Waals surface area contributed by atoms with E-state index >= 15 is 0 Å². The maximum absolute atomic E-state index is 13.6. The Hall–Kier alpha value is -2.97. The molecule has 1 saturated heterocycles. The minimum absolute atomic E-state index is 0.0518. The van der Waals surface area contributed by atoms with Gasteiger partial charge in [0.15, 0.2) is 6.29 Å². The van der Waals surface area contributed by atoms with Crippen molar-refractivity contribution in [2.45, 2.75) is 50.7 Å². The van der Waals surface area contributed by atoms with Gasteiger partial charge < -0.3 is 9.47 Å². The third kappa shape index (κ3) is 6.48. The zero-order chi connectivity index (χ0) is 27.0. The van der Waals surface area contributed by atoms with E-state index in [2.05, 4.69) is 15.2 Å². The third-order valence-corrected chi connectivity index (χ3v) is 6.21. The largest absolute Gasteiger partial charge is 0.416 e. The van der Waals surface area contributed by atoms with Crippen LogP contribution in [-0.2, 0) is 28.4 Å². The molecule has 1 aromatic heterocycles. The predicted molar refractivity (Wildman–Crippen MR) is 116 cm³/mol. The van der Waals surface area contributed by atoms with E-state index in [4.69, 9.17) is 9.47 Å². The summed E-state index contributed by atoms with van der Waals surface area (Å²) in [4.78, 5) is 15.8. The Morgan fingerprint density at radius 1 is 1.16 bits per heavy atom. The number of aromatic nitrogens is 3. The van der Waals surface area contributed by atoms with Gasteiger partial charge in [-0.15, -0.1) is 0 Å². The molecule has 0 saturated carbocycles. The summed E-state index contributed by atoms with van der Waals surface area (Å²) in [6.45, 7) is 1.95. The maximum Gasteiger partial charge on any atom is 0.416 e. The Balaban J connectivity index is 1.63. The normalized spacial score (nSPS) is 24.2. The molecule has 0 spiro atoms. The highest BCUT2D eigenvalue weighted by Gasteiger charge is 2.41. The highest BCUT2D eigenvalue weighted by molar-refractivity contribution is 5.34. The molecule has 2 heterocycles. The number of benzene rings is 1. The standard InChI is InChI=1S/C23H23F7N4O3/c1-12(14-8-15(22(25,26)27)10-16(9-14)23(28,29)30)37-20-19(13-2-4-17(24)5-3-13)34(6-7-36-20)11-18-31-21(35)33-32-18/h2,4-5,8-10,12-13,19-20H,3,6-7,11H2,1H3,(H2,31,32,33,35)/t12?,13?,19-,20+/m0/s1. The molecular weight excluding hydrogens is 513 g/mol. The van der Waals surface area contributed by atoms with Gasteiger partial charge in [0.05, 0.1) is 36.4 Å². The number of H-pyrrole nitrogens is 2. The van der Waals surface area contributed by atoms with Gasteiger partial charge in [-0.3, -0.25) is 9.88 Å². The van der Waals surface area contributed by atoms with Crippen molar-refractivity contribution in [1.29, 1.82) is 0 Å². The summed E-state index contributed by atoms with van der Waals surface area (Å²) in [5.41, 5.74) is -3.75. The first-order chi connectivity index (χ1) is 17.3. The average molecular weight is 536 g/mol. The van der Waals surface area contributed by atoms with Crippen LogP contribution in [-0.4, -0.2) is 45.6 Å². The number of hydrogen-bond acceptors (Lipinski definition) is 5. The summed E-state index contributed by atoms with van der Waals surface area (Å²) in [5.74, 6) is -0.501. The van der Waals surface area contributed by atoms with Crippen LogP contribution in [0.1, 0.15) is 42.0 Å². The lowest BCUT2D eigenvalue weighted by atomic mass is 9.89. The van der Waals surface area contributed by atoms with Crippen LogP contribution in [0.5, 0.6) is 0 Å². The Morgan fingerprint density at radius 3 is 2.38 bits per heavy atom. The molecule has 1 aliphatic carbocycles. The summed E-state index contributed by atoms with van der Waals surface area (Å²) in [5, 5.41) is 6.13. The molecule has 4 atom stereocenters. The van der Waals surface area contributed by atoms with E-state index in [-0.39, 0.29) is 37.1 Å². The molecule has 7 nitrogen and oxygen atoms in total. The highest BCUT2D eigenvalue weighted by Crippen LogP contribution is 2.39. The molecule has 2 aliphatic rings. The first-order valence-corrected chi connectivity index (χ1v) is 11.3. The molecule has 2 N–H and O–H groups in total. The van der Waals surface area contributed by atoms with Crippen LogP contribution in [0.3, 0.4) is 0 Å². The number of halogens is 7. The average Bonchev–Trinajstić information content (AvgIpc) is 3.23. The minimum Gasteiger partial charge on any atom is -0.350 e. The van der Waals surface area contributed by atoms with Gasteiger partial charge in [-0.2, -0.15) is 31.4 Å². The first-order valence-electron chi connectivity index (χ1n) is 11.3. The lowest BCUT2D eigenvalue weighted by Gasteiger charge is -2.44. The topological polar surface area (TPSA) is 83.2 Å². The fraction of sp³-hybridized carbons (Fsp3) is 0.478. The van der Waals surface area contributed by atoms with E-state index in [1.54, 1.807) is 6.08 Å². The summed E-state index contributed by atoms with van der Waals surface area (Å²) in [6.07, 6.45) is -7.84. The number of nitrogens with one attached hydrogen (secondary N) is 2. The van der Waals surface area contributed by atoms with Crippen LogP contribution in [0, 0.1) is 5.92 Å². The second-order valence-corrected chi connectivity index (χ2v) is 8.79. The van der Waals surface area contributed by atoms with Crippen LogP contribution >= 0.6 is 0 Å². The summed E-state index contributed by atoms with van der Waals surface area (Å²) in [7, 11) is 0. The number of allylic oxidation sites excluding steroid dienone is 3. The molecule has 0 radical (unpaired) electrons. The molecular formula is C23H23F7N4O3. The number of ether oxygens (including phenoxy) is 2. The number of hydrogen-bond donors (Lipinski definition) is 2. The molecule has 1 aliphatic heterocycles. The van der Waals surface area contributed by atoms with E-state index in [9.17, 15) is 35.5 Å². The lowest BCUT2D eigenvalue weighted by Crippen LogP contribution is -2.55. The van der Waals surface area contributed by atoms with Crippen molar-refractivity contribution in [3.63, 3.8) is 0 Å². The number of nitrogens with zero attached hydrogens (tertiary/aromatic N) is 2. The van der Waals surface area contributed by atoms with Gasteiger partial charge >= 0.3 is 18.0 Å². The molecule has 4 rings (SSSR count). The van der Waals surface area contributed by atoms with Crippen molar-refractivity contribution in [3.05, 3.63) is 75.3 Å². The fourth-order valence-electron chi connectivity index (χ4n) is 4.41. The van der Waals surface area contributed by atoms with Gasteiger partial charge in [0.1, 0.15) is 11.7 Å². The van der Waals surface area contributed by atoms with Crippen LogP contribution in [0.2, 0.25) is 0 Å². The van der Waals surface area contributed by atoms with Crippen molar-refractivity contribution in [3.8, 4) is 0 Å². The highest BCUT2D eigenvalue weighted by atomic mass is 19.4. The van der Waals surface area contributed by atoms with Crippen LogP contribution in [0.25, 0.3) is 0 Å². The Kier molecular flexibility index (Phi) is 7.62. The SMILES string of the molecule is CC(O[C@H]1OCCN(Cc2n[nH]c(=O)[nH]2)[C@H]1C1C=CC(F)=CC1)c1cc(C(F)(F)F)cc(C(F)(F)F)c1. The van der Waals surface area contributed by atoms with Crippen molar-refractivity contribution >= 4 is 0 Å². The van der Waals surface area contributed by atoms with Crippen molar-refractivity contribution in [1.82, 2.24) is 20.1 Å². The van der Waals surface area contributed by atoms with Gasteiger partial charge in [-0.1, -0.05) is 6.08 Å². The minimum atomic E-state index is -5.00. The van der Waals surface area contributed by atoms with Crippen LogP contribution in [0.15, 0.2) is 47.0 Å². The van der Waals surface area contributed by atoms with E-state index in [1.807, 2.05) is 4.90 Å².